The van der Waals surface area contributed by atoms with Crippen LogP contribution in [-0.4, -0.2) is 31.3 Å². The van der Waals surface area contributed by atoms with Gasteiger partial charge in [0.1, 0.15) is 4.90 Å². The zero-order valence-electron chi connectivity index (χ0n) is 13.6. The Labute approximate surface area is 151 Å². The SMILES string of the molecule is O=C(O)CCC(=O)c1ccc(Cl)c(S(=O)(=O)NC2CC3CCC2C3)c1. The van der Waals surface area contributed by atoms with Crippen molar-refractivity contribution in [1.82, 2.24) is 4.72 Å². The first-order valence-electron chi connectivity index (χ1n) is 8.33. The molecule has 0 amide bonds. The number of sulfonamides is 1. The lowest BCUT2D eigenvalue weighted by Crippen LogP contribution is -2.38. The third-order valence-electron chi connectivity index (χ3n) is 5.15. The van der Waals surface area contributed by atoms with Gasteiger partial charge in [-0.2, -0.15) is 0 Å². The predicted octanol–water partition coefficient (Wildman–Crippen LogP) is 2.85. The lowest BCUT2D eigenvalue weighted by Gasteiger charge is -2.23. The number of ketones is 1. The van der Waals surface area contributed by atoms with Gasteiger partial charge in [-0.1, -0.05) is 18.0 Å². The van der Waals surface area contributed by atoms with Crippen molar-refractivity contribution < 1.29 is 23.1 Å². The van der Waals surface area contributed by atoms with E-state index in [1.54, 1.807) is 0 Å². The Balaban J connectivity index is 1.79. The van der Waals surface area contributed by atoms with Crippen LogP contribution < -0.4 is 4.72 Å². The number of hydrogen-bond acceptors (Lipinski definition) is 4. The molecule has 136 valence electrons. The molecule has 1 aromatic carbocycles. The molecule has 2 saturated carbocycles. The van der Waals surface area contributed by atoms with Crippen LogP contribution in [0.1, 0.15) is 48.9 Å². The van der Waals surface area contributed by atoms with Crippen LogP contribution in [0.5, 0.6) is 0 Å². The lowest BCUT2D eigenvalue weighted by molar-refractivity contribution is -0.136. The third kappa shape index (κ3) is 4.04. The van der Waals surface area contributed by atoms with Gasteiger partial charge < -0.3 is 5.11 Å². The second kappa shape index (κ2) is 7.05. The van der Waals surface area contributed by atoms with Gasteiger partial charge in [-0.05, 0) is 49.3 Å². The molecule has 2 aliphatic carbocycles. The summed E-state index contributed by atoms with van der Waals surface area (Å²) in [5, 5.41) is 8.72. The number of hydrogen-bond donors (Lipinski definition) is 2. The lowest BCUT2D eigenvalue weighted by atomic mass is 9.96. The van der Waals surface area contributed by atoms with Crippen molar-refractivity contribution in [3.8, 4) is 0 Å². The highest BCUT2D eigenvalue weighted by Gasteiger charge is 2.41. The van der Waals surface area contributed by atoms with E-state index in [2.05, 4.69) is 4.72 Å². The topological polar surface area (TPSA) is 101 Å². The molecule has 2 aliphatic rings. The summed E-state index contributed by atoms with van der Waals surface area (Å²) in [7, 11) is -3.83. The summed E-state index contributed by atoms with van der Waals surface area (Å²) in [6, 6.07) is 3.95. The van der Waals surface area contributed by atoms with E-state index in [-0.39, 0.29) is 34.4 Å². The fourth-order valence-electron chi connectivity index (χ4n) is 3.90. The maximum Gasteiger partial charge on any atom is 0.303 e. The van der Waals surface area contributed by atoms with Gasteiger partial charge in [0.15, 0.2) is 5.78 Å². The standard InChI is InChI=1S/C17H20ClNO5S/c18-13-4-3-12(15(20)5-6-17(21)22)9-16(13)25(23,24)19-14-8-10-1-2-11(14)7-10/h3-4,9-11,14,19H,1-2,5-8H2,(H,21,22). The Kier molecular flexibility index (Phi) is 5.18. The van der Waals surface area contributed by atoms with Gasteiger partial charge in [0.25, 0.3) is 0 Å². The zero-order chi connectivity index (χ0) is 18.2. The maximum absolute atomic E-state index is 12.7. The highest BCUT2D eigenvalue weighted by atomic mass is 35.5. The summed E-state index contributed by atoms with van der Waals surface area (Å²) < 4.78 is 28.2. The van der Waals surface area contributed by atoms with E-state index in [1.807, 2.05) is 0 Å². The van der Waals surface area contributed by atoms with Crippen LogP contribution in [0.15, 0.2) is 23.1 Å². The maximum atomic E-state index is 12.7. The van der Waals surface area contributed by atoms with Gasteiger partial charge in [0.2, 0.25) is 10.0 Å². The normalized spacial score (nSPS) is 25.2. The van der Waals surface area contributed by atoms with Crippen molar-refractivity contribution in [3.63, 3.8) is 0 Å². The van der Waals surface area contributed by atoms with Gasteiger partial charge in [0, 0.05) is 18.0 Å². The third-order valence-corrected chi connectivity index (χ3v) is 7.12. The highest BCUT2D eigenvalue weighted by Crippen LogP contribution is 2.45. The van der Waals surface area contributed by atoms with E-state index in [0.717, 1.165) is 25.7 Å². The Morgan fingerprint density at radius 3 is 2.56 bits per heavy atom. The monoisotopic (exact) mass is 385 g/mol. The molecule has 0 radical (unpaired) electrons. The molecule has 6 nitrogen and oxygen atoms in total. The zero-order valence-corrected chi connectivity index (χ0v) is 15.1. The van der Waals surface area contributed by atoms with Gasteiger partial charge in [-0.25, -0.2) is 13.1 Å². The molecule has 2 fully saturated rings. The minimum absolute atomic E-state index is 0.0467. The summed E-state index contributed by atoms with van der Waals surface area (Å²) in [6.45, 7) is 0. The second-order valence-corrected chi connectivity index (χ2v) is 8.95. The van der Waals surface area contributed by atoms with E-state index in [4.69, 9.17) is 16.7 Å². The molecule has 0 saturated heterocycles. The van der Waals surface area contributed by atoms with Gasteiger partial charge in [0.05, 0.1) is 11.4 Å². The van der Waals surface area contributed by atoms with Crippen LogP contribution in [0.25, 0.3) is 0 Å². The van der Waals surface area contributed by atoms with Gasteiger partial charge in [-0.3, -0.25) is 9.59 Å². The number of Topliss-reactive ketones (excluding diaryl/α,β-unsaturated/α-hetero) is 1. The number of rotatable bonds is 7. The molecule has 8 heteroatoms. The molecule has 2 N–H and O–H groups in total. The van der Waals surface area contributed by atoms with Crippen LogP contribution in [0.3, 0.4) is 0 Å². The smallest absolute Gasteiger partial charge is 0.303 e. The number of benzene rings is 1. The van der Waals surface area contributed by atoms with Crippen molar-refractivity contribution in [3.05, 3.63) is 28.8 Å². The molecule has 0 aromatic heterocycles. The Morgan fingerprint density at radius 2 is 1.96 bits per heavy atom. The fourth-order valence-corrected chi connectivity index (χ4v) is 5.74. The molecule has 3 atom stereocenters. The predicted molar refractivity (Wildman–Crippen MR) is 92.2 cm³/mol. The number of fused-ring (bicyclic) bond motifs is 2. The minimum atomic E-state index is -3.83. The van der Waals surface area contributed by atoms with E-state index >= 15 is 0 Å². The Morgan fingerprint density at radius 1 is 1.20 bits per heavy atom. The second-order valence-electron chi connectivity index (χ2n) is 6.86. The van der Waals surface area contributed by atoms with Crippen LogP contribution in [0.4, 0.5) is 0 Å². The quantitative estimate of drug-likeness (QED) is 0.703. The number of halogens is 1. The summed E-state index contributed by atoms with van der Waals surface area (Å²) in [4.78, 5) is 22.5. The molecule has 3 rings (SSSR count). The first-order chi connectivity index (χ1) is 11.8. The van der Waals surface area contributed by atoms with Gasteiger partial charge >= 0.3 is 5.97 Å². The summed E-state index contributed by atoms with van der Waals surface area (Å²) in [5.74, 6) is -0.528. The highest BCUT2D eigenvalue weighted by molar-refractivity contribution is 7.89. The largest absolute Gasteiger partial charge is 0.481 e. The average Bonchev–Trinajstić information content (AvgIpc) is 3.15. The number of carbonyl (C=O) groups excluding carboxylic acids is 1. The minimum Gasteiger partial charge on any atom is -0.481 e. The molecule has 25 heavy (non-hydrogen) atoms. The first-order valence-corrected chi connectivity index (χ1v) is 10.2. The summed E-state index contributed by atoms with van der Waals surface area (Å²) >= 11 is 6.05. The summed E-state index contributed by atoms with van der Waals surface area (Å²) in [6.07, 6.45) is 3.63. The van der Waals surface area contributed by atoms with E-state index < -0.39 is 21.8 Å². The molecule has 3 unspecified atom stereocenters. The molecular weight excluding hydrogens is 366 g/mol. The molecule has 0 spiro atoms. The van der Waals surface area contributed by atoms with Crippen LogP contribution in [0.2, 0.25) is 5.02 Å². The molecular formula is C17H20ClNO5S. The number of carboxylic acids is 1. The van der Waals surface area contributed by atoms with E-state index in [9.17, 15) is 18.0 Å². The molecule has 1 aromatic rings. The first kappa shape index (κ1) is 18.4. The fraction of sp³-hybridized carbons (Fsp3) is 0.529. The molecule has 0 heterocycles. The van der Waals surface area contributed by atoms with Crippen molar-refractivity contribution >= 4 is 33.4 Å². The van der Waals surface area contributed by atoms with Crippen LogP contribution >= 0.6 is 11.6 Å². The number of aliphatic carboxylic acids is 1. The van der Waals surface area contributed by atoms with E-state index in [1.165, 1.54) is 18.2 Å². The summed E-state index contributed by atoms with van der Waals surface area (Å²) in [5.41, 5.74) is 0.152. The Bertz CT molecular complexity index is 807. The van der Waals surface area contributed by atoms with Crippen molar-refractivity contribution in [2.24, 2.45) is 11.8 Å². The Hall–Kier alpha value is -1.44. The van der Waals surface area contributed by atoms with Crippen molar-refractivity contribution in [2.75, 3.05) is 0 Å². The van der Waals surface area contributed by atoms with Crippen LogP contribution in [-0.2, 0) is 14.8 Å². The average molecular weight is 386 g/mol. The van der Waals surface area contributed by atoms with Crippen molar-refractivity contribution in [1.29, 1.82) is 0 Å². The molecule has 2 bridgehead atoms. The van der Waals surface area contributed by atoms with Crippen LogP contribution in [0, 0.1) is 11.8 Å². The number of carbonyl (C=O) groups is 2. The van der Waals surface area contributed by atoms with Crippen molar-refractivity contribution in [2.45, 2.75) is 49.5 Å². The van der Waals surface area contributed by atoms with Gasteiger partial charge in [-0.15, -0.1) is 0 Å². The molecule has 0 aliphatic heterocycles. The number of carboxylic acid groups (broad SMARTS) is 1. The number of nitrogens with one attached hydrogen (secondary N) is 1. The van der Waals surface area contributed by atoms with E-state index in [0.29, 0.717) is 11.8 Å².